The first-order chi connectivity index (χ1) is 15.6. The van der Waals surface area contributed by atoms with Gasteiger partial charge in [-0.05, 0) is 35.9 Å². The molecule has 3 aromatic rings. The highest BCUT2D eigenvalue weighted by atomic mass is 16.5. The van der Waals surface area contributed by atoms with Gasteiger partial charge in [0.1, 0.15) is 18.1 Å². The zero-order chi connectivity index (χ0) is 22.3. The second-order valence-corrected chi connectivity index (χ2v) is 7.95. The van der Waals surface area contributed by atoms with Crippen LogP contribution < -0.4 is 9.47 Å². The van der Waals surface area contributed by atoms with Crippen LogP contribution in [0.5, 0.6) is 11.5 Å². The number of benzene rings is 2. The molecule has 0 saturated carbocycles. The Morgan fingerprint density at radius 1 is 1.03 bits per heavy atom. The molecule has 1 atom stereocenters. The highest BCUT2D eigenvalue weighted by molar-refractivity contribution is 5.74. The normalized spacial score (nSPS) is 16.6. The van der Waals surface area contributed by atoms with Crippen LogP contribution in [0.2, 0.25) is 0 Å². The van der Waals surface area contributed by atoms with Gasteiger partial charge in [-0.2, -0.15) is 0 Å². The van der Waals surface area contributed by atoms with E-state index in [1.165, 1.54) is 0 Å². The third-order valence-corrected chi connectivity index (χ3v) is 5.84. The standard InChI is InChI=1S/C26H29N3O3/c1-20(30)29-16-15-28(18-25(29)21-10-12-24(31-2)13-11-21)17-22-7-3-4-9-26(22)32-19-23-8-5-6-14-27-23/h3-14,25H,15-19H2,1-2H3. The van der Waals surface area contributed by atoms with Gasteiger partial charge in [-0.15, -0.1) is 0 Å². The maximum atomic E-state index is 12.3. The highest BCUT2D eigenvalue weighted by Crippen LogP contribution is 2.29. The van der Waals surface area contributed by atoms with Crippen LogP contribution in [-0.4, -0.2) is 47.4 Å². The molecule has 0 N–H and O–H groups in total. The van der Waals surface area contributed by atoms with Crippen molar-refractivity contribution in [2.45, 2.75) is 26.1 Å². The van der Waals surface area contributed by atoms with Crippen molar-refractivity contribution in [3.05, 3.63) is 89.7 Å². The summed E-state index contributed by atoms with van der Waals surface area (Å²) in [4.78, 5) is 21.0. The lowest BCUT2D eigenvalue weighted by atomic mass is 10.0. The van der Waals surface area contributed by atoms with E-state index in [-0.39, 0.29) is 11.9 Å². The van der Waals surface area contributed by atoms with Crippen LogP contribution in [-0.2, 0) is 17.9 Å². The Labute approximate surface area is 189 Å². The van der Waals surface area contributed by atoms with Crippen LogP contribution in [0.4, 0.5) is 0 Å². The number of rotatable bonds is 7. The number of hydrogen-bond acceptors (Lipinski definition) is 5. The minimum absolute atomic E-state index is 0.00811. The number of carbonyl (C=O) groups excluding carboxylic acids is 1. The van der Waals surface area contributed by atoms with Crippen molar-refractivity contribution in [2.75, 3.05) is 26.7 Å². The summed E-state index contributed by atoms with van der Waals surface area (Å²) < 4.78 is 11.4. The Kier molecular flexibility index (Phi) is 7.02. The van der Waals surface area contributed by atoms with Crippen LogP contribution >= 0.6 is 0 Å². The summed E-state index contributed by atoms with van der Waals surface area (Å²) in [6.45, 7) is 5.12. The Hall–Kier alpha value is -3.38. The van der Waals surface area contributed by atoms with Gasteiger partial charge in [0.2, 0.25) is 5.91 Å². The molecule has 6 heteroatoms. The minimum atomic E-state index is 0.00811. The number of carbonyl (C=O) groups is 1. The van der Waals surface area contributed by atoms with Crippen molar-refractivity contribution in [1.82, 2.24) is 14.8 Å². The third kappa shape index (κ3) is 5.26. The number of nitrogens with zero attached hydrogens (tertiary/aromatic N) is 3. The molecule has 6 nitrogen and oxygen atoms in total. The van der Waals surface area contributed by atoms with Crippen molar-refractivity contribution >= 4 is 5.91 Å². The van der Waals surface area contributed by atoms with Crippen LogP contribution in [0.25, 0.3) is 0 Å². The molecule has 0 radical (unpaired) electrons. The molecular formula is C26H29N3O3. The van der Waals surface area contributed by atoms with E-state index in [0.717, 1.165) is 48.0 Å². The first kappa shape index (κ1) is 21.8. The number of para-hydroxylation sites is 1. The van der Waals surface area contributed by atoms with Crippen molar-refractivity contribution in [3.8, 4) is 11.5 Å². The average molecular weight is 432 g/mol. The van der Waals surface area contributed by atoms with Crippen molar-refractivity contribution in [1.29, 1.82) is 0 Å². The largest absolute Gasteiger partial charge is 0.497 e. The summed E-state index contributed by atoms with van der Waals surface area (Å²) in [5.74, 6) is 1.78. The molecule has 32 heavy (non-hydrogen) atoms. The van der Waals surface area contributed by atoms with Gasteiger partial charge in [-0.3, -0.25) is 14.7 Å². The maximum absolute atomic E-state index is 12.3. The van der Waals surface area contributed by atoms with Crippen molar-refractivity contribution < 1.29 is 14.3 Å². The lowest BCUT2D eigenvalue weighted by molar-refractivity contribution is -0.134. The van der Waals surface area contributed by atoms with Gasteiger partial charge in [0.25, 0.3) is 0 Å². The molecule has 1 aromatic heterocycles. The molecule has 0 aliphatic carbocycles. The van der Waals surface area contributed by atoms with Crippen LogP contribution in [0, 0.1) is 0 Å². The fourth-order valence-electron chi connectivity index (χ4n) is 4.12. The van der Waals surface area contributed by atoms with Gasteiger partial charge in [-0.25, -0.2) is 0 Å². The molecule has 1 saturated heterocycles. The zero-order valence-corrected chi connectivity index (χ0v) is 18.6. The fraction of sp³-hybridized carbons (Fsp3) is 0.308. The zero-order valence-electron chi connectivity index (χ0n) is 18.6. The molecule has 0 bridgehead atoms. The summed E-state index contributed by atoms with van der Waals surface area (Å²) in [5.41, 5.74) is 3.15. The second-order valence-electron chi connectivity index (χ2n) is 7.95. The number of ether oxygens (including phenoxy) is 2. The molecule has 1 aliphatic heterocycles. The van der Waals surface area contributed by atoms with Crippen LogP contribution in [0.3, 0.4) is 0 Å². The fourth-order valence-corrected chi connectivity index (χ4v) is 4.12. The lowest BCUT2D eigenvalue weighted by Gasteiger charge is -2.41. The predicted molar refractivity (Wildman–Crippen MR) is 123 cm³/mol. The molecule has 1 unspecified atom stereocenters. The number of methoxy groups -OCH3 is 1. The lowest BCUT2D eigenvalue weighted by Crippen LogP contribution is -2.49. The molecule has 4 rings (SSSR count). The number of pyridine rings is 1. The molecule has 2 heterocycles. The van der Waals surface area contributed by atoms with Crippen LogP contribution in [0.15, 0.2) is 72.9 Å². The van der Waals surface area contributed by atoms with E-state index in [4.69, 9.17) is 9.47 Å². The van der Waals surface area contributed by atoms with Crippen LogP contribution in [0.1, 0.15) is 29.8 Å². The molecule has 2 aromatic carbocycles. The molecular weight excluding hydrogens is 402 g/mol. The van der Waals surface area contributed by atoms with E-state index in [0.29, 0.717) is 13.2 Å². The summed E-state index contributed by atoms with van der Waals surface area (Å²) in [6.07, 6.45) is 1.78. The summed E-state index contributed by atoms with van der Waals surface area (Å²) in [7, 11) is 1.66. The van der Waals surface area contributed by atoms with Gasteiger partial charge in [0.05, 0.1) is 18.8 Å². The van der Waals surface area contributed by atoms with Gasteiger partial charge in [0, 0.05) is 44.9 Å². The monoisotopic (exact) mass is 431 g/mol. The minimum Gasteiger partial charge on any atom is -0.497 e. The third-order valence-electron chi connectivity index (χ3n) is 5.84. The Morgan fingerprint density at radius 3 is 2.53 bits per heavy atom. The predicted octanol–water partition coefficient (Wildman–Crippen LogP) is 4.07. The second kappa shape index (κ2) is 10.3. The van der Waals surface area contributed by atoms with Gasteiger partial charge >= 0.3 is 0 Å². The first-order valence-electron chi connectivity index (χ1n) is 10.9. The average Bonchev–Trinajstić information content (AvgIpc) is 2.84. The summed E-state index contributed by atoms with van der Waals surface area (Å²) >= 11 is 0. The molecule has 1 aliphatic rings. The smallest absolute Gasteiger partial charge is 0.220 e. The Bertz CT molecular complexity index is 1020. The first-order valence-corrected chi connectivity index (χ1v) is 10.9. The molecule has 0 spiro atoms. The molecule has 166 valence electrons. The van der Waals surface area contributed by atoms with E-state index in [2.05, 4.69) is 16.0 Å². The Morgan fingerprint density at radius 2 is 1.81 bits per heavy atom. The number of amides is 1. The maximum Gasteiger partial charge on any atom is 0.220 e. The Balaban J connectivity index is 1.48. The number of hydrogen-bond donors (Lipinski definition) is 0. The van der Waals surface area contributed by atoms with Gasteiger partial charge in [0.15, 0.2) is 0 Å². The van der Waals surface area contributed by atoms with Gasteiger partial charge in [-0.1, -0.05) is 36.4 Å². The quantitative estimate of drug-likeness (QED) is 0.564. The summed E-state index contributed by atoms with van der Waals surface area (Å²) in [6, 6.07) is 22.0. The summed E-state index contributed by atoms with van der Waals surface area (Å²) in [5, 5.41) is 0. The van der Waals surface area contributed by atoms with E-state index < -0.39 is 0 Å². The highest BCUT2D eigenvalue weighted by Gasteiger charge is 2.30. The van der Waals surface area contributed by atoms with E-state index in [9.17, 15) is 4.79 Å². The number of aromatic nitrogens is 1. The van der Waals surface area contributed by atoms with E-state index in [1.54, 1.807) is 20.2 Å². The molecule has 1 fully saturated rings. The topological polar surface area (TPSA) is 54.9 Å². The SMILES string of the molecule is COc1ccc(C2CN(Cc3ccccc3OCc3ccccn3)CCN2C(C)=O)cc1. The molecule has 1 amide bonds. The van der Waals surface area contributed by atoms with Crippen molar-refractivity contribution in [3.63, 3.8) is 0 Å². The van der Waals surface area contributed by atoms with E-state index in [1.807, 2.05) is 65.6 Å². The van der Waals surface area contributed by atoms with Crippen molar-refractivity contribution in [2.24, 2.45) is 0 Å². The van der Waals surface area contributed by atoms with E-state index >= 15 is 0 Å². The van der Waals surface area contributed by atoms with Gasteiger partial charge < -0.3 is 14.4 Å². The number of piperazine rings is 1.